The minimum Gasteiger partial charge on any atom is -0.393 e. The second-order valence-corrected chi connectivity index (χ2v) is 4.80. The third kappa shape index (κ3) is 1.96. The van der Waals surface area contributed by atoms with Crippen LogP contribution in [0.1, 0.15) is 5.69 Å². The van der Waals surface area contributed by atoms with Crippen LogP contribution in [0.25, 0.3) is 11.0 Å². The fourth-order valence-electron chi connectivity index (χ4n) is 1.84. The lowest BCUT2D eigenvalue weighted by atomic mass is 10.2. The van der Waals surface area contributed by atoms with Gasteiger partial charge in [0.2, 0.25) is 0 Å². The summed E-state index contributed by atoms with van der Waals surface area (Å²) in [5.74, 6) is 0. The third-order valence-electron chi connectivity index (χ3n) is 2.87. The van der Waals surface area contributed by atoms with Crippen molar-refractivity contribution >= 4 is 23.7 Å². The maximum Gasteiger partial charge on any atom is 0.181 e. The molecule has 0 bridgehead atoms. The van der Waals surface area contributed by atoms with E-state index in [2.05, 4.69) is 32.7 Å². The van der Waals surface area contributed by atoms with E-state index in [1.807, 2.05) is 12.1 Å². The van der Waals surface area contributed by atoms with Crippen molar-refractivity contribution in [1.29, 1.82) is 0 Å². The molecule has 19 heavy (non-hydrogen) atoms. The van der Waals surface area contributed by atoms with Crippen LogP contribution >= 0.6 is 12.6 Å². The molecule has 0 saturated heterocycles. The molecule has 0 aliphatic rings. The second-order valence-electron chi connectivity index (χ2n) is 4.06. The van der Waals surface area contributed by atoms with Crippen LogP contribution in [-0.4, -0.2) is 36.4 Å². The lowest BCUT2D eigenvalue weighted by Crippen LogP contribution is -2.34. The minimum atomic E-state index is -1.04. The summed E-state index contributed by atoms with van der Waals surface area (Å²) in [6, 6.07) is 5.43. The van der Waals surface area contributed by atoms with Crippen molar-refractivity contribution in [3.8, 4) is 0 Å². The number of fused-ring (bicyclic) bond motifs is 1. The van der Waals surface area contributed by atoms with E-state index in [0.29, 0.717) is 11.3 Å². The first kappa shape index (κ1) is 12.1. The molecule has 1 unspecified atom stereocenters. The Bertz CT molecular complexity index is 668. The van der Waals surface area contributed by atoms with Crippen molar-refractivity contribution < 1.29 is 5.11 Å². The van der Waals surface area contributed by atoms with Crippen LogP contribution in [0.5, 0.6) is 0 Å². The molecular weight excluding hydrogens is 262 g/mol. The van der Waals surface area contributed by atoms with E-state index >= 15 is 0 Å². The number of pyridine rings is 1. The summed E-state index contributed by atoms with van der Waals surface area (Å²) < 4.78 is 1.57. The lowest BCUT2D eigenvalue weighted by Gasteiger charge is -2.25. The summed E-state index contributed by atoms with van der Waals surface area (Å²) in [7, 11) is 0. The van der Waals surface area contributed by atoms with Gasteiger partial charge >= 0.3 is 0 Å². The van der Waals surface area contributed by atoms with Gasteiger partial charge in [0.15, 0.2) is 10.5 Å². The third-order valence-corrected chi connectivity index (χ3v) is 3.45. The normalized spacial score (nSPS) is 14.4. The number of rotatable bonds is 3. The van der Waals surface area contributed by atoms with Gasteiger partial charge in [0.1, 0.15) is 6.33 Å². The smallest absolute Gasteiger partial charge is 0.181 e. The molecule has 1 N–H and O–H groups in total. The largest absolute Gasteiger partial charge is 0.393 e. The average molecular weight is 273 g/mol. The van der Waals surface area contributed by atoms with Crippen molar-refractivity contribution in [1.82, 2.24) is 24.7 Å². The van der Waals surface area contributed by atoms with E-state index in [4.69, 9.17) is 0 Å². The zero-order valence-corrected chi connectivity index (χ0v) is 10.8. The predicted molar refractivity (Wildman–Crippen MR) is 72.7 cm³/mol. The van der Waals surface area contributed by atoms with Gasteiger partial charge in [0.05, 0.1) is 12.3 Å². The Balaban J connectivity index is 2.16. The van der Waals surface area contributed by atoms with Crippen molar-refractivity contribution in [2.24, 2.45) is 0 Å². The quantitative estimate of drug-likeness (QED) is 0.692. The van der Waals surface area contributed by atoms with Crippen LogP contribution in [-0.2, 0) is 4.87 Å². The molecule has 3 heterocycles. The zero-order valence-electron chi connectivity index (χ0n) is 9.88. The van der Waals surface area contributed by atoms with Gasteiger partial charge < -0.3 is 5.11 Å². The molecule has 0 saturated carbocycles. The Kier molecular flexibility index (Phi) is 2.92. The van der Waals surface area contributed by atoms with Gasteiger partial charge in [-0.2, -0.15) is 5.10 Å². The Labute approximate surface area is 114 Å². The average Bonchev–Trinajstić information content (AvgIpc) is 2.92. The van der Waals surface area contributed by atoms with Crippen LogP contribution in [0.4, 0.5) is 0 Å². The van der Waals surface area contributed by atoms with Gasteiger partial charge in [0, 0.05) is 24.0 Å². The molecule has 3 rings (SSSR count). The standard InChI is InChI=1S/C12H11N5OS/c18-7-12(19,10-3-5-13-8-15-10)17-6-9-2-1-4-14-11(9)16-17/h1-6,8,18-19H,7H2. The van der Waals surface area contributed by atoms with Crippen LogP contribution in [0.15, 0.2) is 43.1 Å². The first-order chi connectivity index (χ1) is 9.24. The number of hydrogen-bond donors (Lipinski definition) is 2. The molecule has 7 heteroatoms. The summed E-state index contributed by atoms with van der Waals surface area (Å²) in [6.07, 6.45) is 6.47. The van der Waals surface area contributed by atoms with Gasteiger partial charge in [-0.3, -0.25) is 0 Å². The van der Waals surface area contributed by atoms with Crippen molar-refractivity contribution in [3.63, 3.8) is 0 Å². The monoisotopic (exact) mass is 273 g/mol. The highest BCUT2D eigenvalue weighted by molar-refractivity contribution is 7.81. The van der Waals surface area contributed by atoms with E-state index in [0.717, 1.165) is 5.39 Å². The molecule has 1 atom stereocenters. The highest BCUT2D eigenvalue weighted by Gasteiger charge is 2.32. The molecule has 96 valence electrons. The highest BCUT2D eigenvalue weighted by atomic mass is 32.1. The van der Waals surface area contributed by atoms with Crippen LogP contribution in [0, 0.1) is 0 Å². The molecule has 0 amide bonds. The van der Waals surface area contributed by atoms with E-state index < -0.39 is 4.87 Å². The SMILES string of the molecule is OCC(S)(c1ccncn1)n1cc2cccnc2n1. The molecule has 0 radical (unpaired) electrons. The number of aliphatic hydroxyl groups is 1. The first-order valence-corrected chi connectivity index (χ1v) is 6.09. The maximum absolute atomic E-state index is 9.70. The number of thiol groups is 1. The molecule has 0 spiro atoms. The first-order valence-electron chi connectivity index (χ1n) is 5.64. The van der Waals surface area contributed by atoms with E-state index in [-0.39, 0.29) is 6.61 Å². The van der Waals surface area contributed by atoms with E-state index in [1.54, 1.807) is 29.3 Å². The minimum absolute atomic E-state index is 0.249. The molecule has 0 aliphatic carbocycles. The zero-order chi connectivity index (χ0) is 13.3. The van der Waals surface area contributed by atoms with Gasteiger partial charge in [-0.25, -0.2) is 19.6 Å². The summed E-state index contributed by atoms with van der Waals surface area (Å²) in [5, 5.41) is 14.9. The second kappa shape index (κ2) is 4.60. The van der Waals surface area contributed by atoms with Crippen LogP contribution < -0.4 is 0 Å². The van der Waals surface area contributed by atoms with E-state index in [1.165, 1.54) is 6.33 Å². The number of hydrogen-bond acceptors (Lipinski definition) is 6. The fraction of sp³-hybridized carbons (Fsp3) is 0.167. The maximum atomic E-state index is 9.70. The Morgan fingerprint density at radius 3 is 2.84 bits per heavy atom. The van der Waals surface area contributed by atoms with Gasteiger partial charge in [-0.15, -0.1) is 12.6 Å². The molecule has 3 aromatic rings. The number of aromatic nitrogens is 5. The summed E-state index contributed by atoms with van der Waals surface area (Å²) >= 11 is 4.54. The molecule has 0 aromatic carbocycles. The summed E-state index contributed by atoms with van der Waals surface area (Å²) in [4.78, 5) is 11.1. The highest BCUT2D eigenvalue weighted by Crippen LogP contribution is 2.28. The summed E-state index contributed by atoms with van der Waals surface area (Å²) in [6.45, 7) is -0.249. The van der Waals surface area contributed by atoms with Gasteiger partial charge in [-0.05, 0) is 18.2 Å². The summed E-state index contributed by atoms with van der Waals surface area (Å²) in [5.41, 5.74) is 1.17. The van der Waals surface area contributed by atoms with Crippen molar-refractivity contribution in [2.45, 2.75) is 4.87 Å². The van der Waals surface area contributed by atoms with Crippen LogP contribution in [0.2, 0.25) is 0 Å². The van der Waals surface area contributed by atoms with Crippen molar-refractivity contribution in [3.05, 3.63) is 48.8 Å². The molecule has 6 nitrogen and oxygen atoms in total. The predicted octanol–water partition coefficient (Wildman–Crippen LogP) is 0.844. The van der Waals surface area contributed by atoms with Crippen molar-refractivity contribution in [2.75, 3.05) is 6.61 Å². The Morgan fingerprint density at radius 1 is 1.26 bits per heavy atom. The van der Waals surface area contributed by atoms with Gasteiger partial charge in [-0.1, -0.05) is 0 Å². The number of nitrogens with zero attached hydrogens (tertiary/aromatic N) is 5. The Hall–Kier alpha value is -1.99. The van der Waals surface area contributed by atoms with Crippen LogP contribution in [0.3, 0.4) is 0 Å². The number of aliphatic hydroxyl groups excluding tert-OH is 1. The molecule has 0 fully saturated rings. The van der Waals surface area contributed by atoms with E-state index in [9.17, 15) is 5.11 Å². The topological polar surface area (TPSA) is 76.7 Å². The molecular formula is C12H11N5OS. The Morgan fingerprint density at radius 2 is 2.16 bits per heavy atom. The molecule has 0 aliphatic heterocycles. The van der Waals surface area contributed by atoms with Gasteiger partial charge in [0.25, 0.3) is 0 Å². The fourth-order valence-corrected chi connectivity index (χ4v) is 2.08. The molecule has 3 aromatic heterocycles. The lowest BCUT2D eigenvalue weighted by molar-refractivity contribution is 0.219.